The van der Waals surface area contributed by atoms with E-state index in [1.165, 1.54) is 11.0 Å². The average molecular weight is 338 g/mol. The molecule has 1 aromatic rings. The van der Waals surface area contributed by atoms with E-state index in [1.54, 1.807) is 18.2 Å². The van der Waals surface area contributed by atoms with Crippen molar-refractivity contribution in [3.8, 4) is 0 Å². The molecule has 1 aromatic carbocycles. The molecule has 132 valence electrons. The molecule has 0 radical (unpaired) electrons. The molecule has 1 aliphatic heterocycles. The molecule has 7 heteroatoms. The van der Waals surface area contributed by atoms with Crippen LogP contribution in [0.3, 0.4) is 0 Å². The van der Waals surface area contributed by atoms with Crippen molar-refractivity contribution < 1.29 is 23.8 Å². The second kappa shape index (κ2) is 8.75. The molecule has 1 amide bonds. The van der Waals surface area contributed by atoms with E-state index in [0.717, 1.165) is 0 Å². The summed E-state index contributed by atoms with van der Waals surface area (Å²) in [6.45, 7) is 3.73. The maximum absolute atomic E-state index is 14.3. The number of nitrogens with zero attached hydrogens (tertiary/aromatic N) is 2. The number of amides is 1. The van der Waals surface area contributed by atoms with Crippen molar-refractivity contribution in [2.45, 2.75) is 19.4 Å². The first-order chi connectivity index (χ1) is 11.5. The van der Waals surface area contributed by atoms with E-state index in [4.69, 9.17) is 9.84 Å². The van der Waals surface area contributed by atoms with Gasteiger partial charge < -0.3 is 14.7 Å². The van der Waals surface area contributed by atoms with Gasteiger partial charge in [0.15, 0.2) is 0 Å². The number of halogens is 1. The number of hydrogen-bond donors (Lipinski definition) is 1. The average Bonchev–Trinajstić information content (AvgIpc) is 2.57. The number of aliphatic carboxylic acids is 1. The Morgan fingerprint density at radius 2 is 2.00 bits per heavy atom. The second-order valence-corrected chi connectivity index (χ2v) is 5.73. The summed E-state index contributed by atoms with van der Waals surface area (Å²) in [5.41, 5.74) is 0.274. The zero-order valence-corrected chi connectivity index (χ0v) is 13.8. The van der Waals surface area contributed by atoms with Crippen LogP contribution in [0.2, 0.25) is 0 Å². The Bertz CT molecular complexity index is 575. The van der Waals surface area contributed by atoms with Crippen LogP contribution in [0.1, 0.15) is 24.9 Å². The highest BCUT2D eigenvalue weighted by Gasteiger charge is 2.34. The van der Waals surface area contributed by atoms with Gasteiger partial charge in [0, 0.05) is 25.2 Å². The lowest BCUT2D eigenvalue weighted by atomic mass is 10.0. The SMILES string of the molecule is CCCN(CC(=O)O)C(=O)C(c1ccccc1F)N1CCOCC1. The topological polar surface area (TPSA) is 70.1 Å². The van der Waals surface area contributed by atoms with Gasteiger partial charge in [-0.05, 0) is 12.5 Å². The summed E-state index contributed by atoms with van der Waals surface area (Å²) in [7, 11) is 0. The minimum absolute atomic E-state index is 0.274. The molecule has 24 heavy (non-hydrogen) atoms. The van der Waals surface area contributed by atoms with Crippen molar-refractivity contribution in [2.75, 3.05) is 39.4 Å². The summed E-state index contributed by atoms with van der Waals surface area (Å²) in [4.78, 5) is 27.3. The third-order valence-electron chi connectivity index (χ3n) is 3.98. The van der Waals surface area contributed by atoms with Gasteiger partial charge >= 0.3 is 5.97 Å². The predicted octanol–water partition coefficient (Wildman–Crippen LogP) is 1.52. The number of carboxylic acids is 1. The third kappa shape index (κ3) is 4.52. The fraction of sp³-hybridized carbons (Fsp3) is 0.529. The summed E-state index contributed by atoms with van der Waals surface area (Å²) in [6, 6.07) is 5.32. The van der Waals surface area contributed by atoms with Gasteiger partial charge in [-0.25, -0.2) is 4.39 Å². The van der Waals surface area contributed by atoms with Gasteiger partial charge in [0.2, 0.25) is 5.91 Å². The van der Waals surface area contributed by atoms with Gasteiger partial charge in [-0.2, -0.15) is 0 Å². The lowest BCUT2D eigenvalue weighted by Crippen LogP contribution is -2.48. The van der Waals surface area contributed by atoms with Crippen LogP contribution in [0.25, 0.3) is 0 Å². The zero-order valence-electron chi connectivity index (χ0n) is 13.8. The van der Waals surface area contributed by atoms with Crippen molar-refractivity contribution in [3.05, 3.63) is 35.6 Å². The number of rotatable bonds is 7. The molecule has 2 rings (SSSR count). The lowest BCUT2D eigenvalue weighted by Gasteiger charge is -2.36. The predicted molar refractivity (Wildman–Crippen MR) is 86.0 cm³/mol. The first-order valence-electron chi connectivity index (χ1n) is 8.11. The Labute approximate surface area is 140 Å². The van der Waals surface area contributed by atoms with E-state index >= 15 is 0 Å². The Morgan fingerprint density at radius 1 is 1.33 bits per heavy atom. The maximum Gasteiger partial charge on any atom is 0.323 e. The Morgan fingerprint density at radius 3 is 2.58 bits per heavy atom. The largest absolute Gasteiger partial charge is 0.480 e. The molecule has 0 aromatic heterocycles. The molecular weight excluding hydrogens is 315 g/mol. The molecule has 1 fully saturated rings. The van der Waals surface area contributed by atoms with Crippen LogP contribution in [0.15, 0.2) is 24.3 Å². The second-order valence-electron chi connectivity index (χ2n) is 5.73. The number of carboxylic acid groups (broad SMARTS) is 1. The molecule has 0 bridgehead atoms. The monoisotopic (exact) mass is 338 g/mol. The quantitative estimate of drug-likeness (QED) is 0.816. The van der Waals surface area contributed by atoms with Crippen LogP contribution in [0.5, 0.6) is 0 Å². The lowest BCUT2D eigenvalue weighted by molar-refractivity contribution is -0.148. The van der Waals surface area contributed by atoms with Crippen LogP contribution in [0.4, 0.5) is 4.39 Å². The molecule has 1 heterocycles. The minimum atomic E-state index is -1.08. The molecule has 1 saturated heterocycles. The van der Waals surface area contributed by atoms with Crippen molar-refractivity contribution in [1.29, 1.82) is 0 Å². The van der Waals surface area contributed by atoms with Gasteiger partial charge in [-0.3, -0.25) is 14.5 Å². The van der Waals surface area contributed by atoms with Gasteiger partial charge in [0.05, 0.1) is 13.2 Å². The van der Waals surface area contributed by atoms with E-state index in [-0.39, 0.29) is 18.0 Å². The summed E-state index contributed by atoms with van der Waals surface area (Å²) in [5, 5.41) is 9.08. The van der Waals surface area contributed by atoms with Gasteiger partial charge in [-0.1, -0.05) is 25.1 Å². The Hall–Kier alpha value is -1.99. The third-order valence-corrected chi connectivity index (χ3v) is 3.98. The molecule has 1 atom stereocenters. The number of benzene rings is 1. The van der Waals surface area contributed by atoms with Crippen LogP contribution in [-0.2, 0) is 14.3 Å². The van der Waals surface area contributed by atoms with E-state index in [1.807, 2.05) is 11.8 Å². The number of hydrogen-bond acceptors (Lipinski definition) is 4. The summed E-state index contributed by atoms with van der Waals surface area (Å²) in [5.74, 6) is -1.92. The highest BCUT2D eigenvalue weighted by atomic mass is 19.1. The number of morpholine rings is 1. The van der Waals surface area contributed by atoms with Crippen LogP contribution in [0, 0.1) is 5.82 Å². The smallest absolute Gasteiger partial charge is 0.323 e. The van der Waals surface area contributed by atoms with E-state index in [2.05, 4.69) is 0 Å². The van der Waals surface area contributed by atoms with E-state index in [9.17, 15) is 14.0 Å². The molecule has 0 spiro atoms. The summed E-state index contributed by atoms with van der Waals surface area (Å²) < 4.78 is 19.6. The highest BCUT2D eigenvalue weighted by molar-refractivity contribution is 5.86. The van der Waals surface area contributed by atoms with E-state index < -0.39 is 17.8 Å². The number of carbonyl (C=O) groups excluding carboxylic acids is 1. The molecule has 1 aliphatic rings. The molecule has 0 aliphatic carbocycles. The molecule has 0 saturated carbocycles. The van der Waals surface area contributed by atoms with Crippen LogP contribution < -0.4 is 0 Å². The normalized spacial score (nSPS) is 16.6. The van der Waals surface area contributed by atoms with Crippen molar-refractivity contribution >= 4 is 11.9 Å². The standard InChI is InChI=1S/C17H23FN2O4/c1-2-7-20(12-15(21)22)17(23)16(19-8-10-24-11-9-19)13-5-3-4-6-14(13)18/h3-6,16H,2,7-12H2,1H3,(H,21,22). The molecule has 6 nitrogen and oxygen atoms in total. The first kappa shape index (κ1) is 18.4. The van der Waals surface area contributed by atoms with Gasteiger partial charge in [0.1, 0.15) is 18.4 Å². The minimum Gasteiger partial charge on any atom is -0.480 e. The first-order valence-corrected chi connectivity index (χ1v) is 8.11. The van der Waals surface area contributed by atoms with Crippen molar-refractivity contribution in [1.82, 2.24) is 9.80 Å². The zero-order chi connectivity index (χ0) is 17.5. The summed E-state index contributed by atoms with van der Waals surface area (Å²) in [6.07, 6.45) is 0.631. The van der Waals surface area contributed by atoms with Gasteiger partial charge in [-0.15, -0.1) is 0 Å². The Kier molecular flexibility index (Phi) is 6.69. The Balaban J connectivity index is 2.34. The van der Waals surface area contributed by atoms with Crippen molar-refractivity contribution in [2.24, 2.45) is 0 Å². The van der Waals surface area contributed by atoms with Crippen LogP contribution in [-0.4, -0.2) is 66.2 Å². The number of ether oxygens (including phenoxy) is 1. The maximum atomic E-state index is 14.3. The highest BCUT2D eigenvalue weighted by Crippen LogP contribution is 2.26. The van der Waals surface area contributed by atoms with Gasteiger partial charge in [0.25, 0.3) is 0 Å². The molecule has 1 unspecified atom stereocenters. The molecule has 1 N–H and O–H groups in total. The van der Waals surface area contributed by atoms with Crippen LogP contribution >= 0.6 is 0 Å². The number of carbonyl (C=O) groups is 2. The van der Waals surface area contributed by atoms with E-state index in [0.29, 0.717) is 39.3 Å². The van der Waals surface area contributed by atoms with Crippen molar-refractivity contribution in [3.63, 3.8) is 0 Å². The molecular formula is C17H23FN2O4. The summed E-state index contributed by atoms with van der Waals surface area (Å²) >= 11 is 0. The fourth-order valence-corrected chi connectivity index (χ4v) is 2.89. The fourth-order valence-electron chi connectivity index (χ4n) is 2.89.